The smallest absolute Gasteiger partial charge is 0.129 e. The molecular weight excluding hydrogens is 240 g/mol. The number of likely N-dealkylation sites (N-methyl/N-ethyl adjacent to an activating group) is 1. The number of rotatable bonds is 8. The van der Waals surface area contributed by atoms with E-state index >= 15 is 0 Å². The van der Waals surface area contributed by atoms with Gasteiger partial charge in [0.15, 0.2) is 0 Å². The maximum Gasteiger partial charge on any atom is 0.129 e. The fraction of sp³-hybridized carbons (Fsp3) is 0.786. The average Bonchev–Trinajstić information content (AvgIpc) is 3.13. The molecule has 1 saturated carbocycles. The molecule has 0 spiro atoms. The van der Waals surface area contributed by atoms with Gasteiger partial charge in [-0.15, -0.1) is 0 Å². The van der Waals surface area contributed by atoms with Gasteiger partial charge in [0.05, 0.1) is 12.3 Å². The summed E-state index contributed by atoms with van der Waals surface area (Å²) in [4.78, 5) is 2.22. The number of aromatic nitrogens is 2. The van der Waals surface area contributed by atoms with Crippen molar-refractivity contribution in [3.63, 3.8) is 0 Å². The fourth-order valence-electron chi connectivity index (χ4n) is 2.45. The molecule has 0 saturated heterocycles. The van der Waals surface area contributed by atoms with Crippen LogP contribution in [0.2, 0.25) is 0 Å². The molecule has 2 rings (SSSR count). The van der Waals surface area contributed by atoms with Gasteiger partial charge in [-0.05, 0) is 38.6 Å². The van der Waals surface area contributed by atoms with Crippen molar-refractivity contribution in [2.45, 2.75) is 26.2 Å². The minimum absolute atomic E-state index is 0.658. The maximum atomic E-state index is 5.70. The molecule has 0 bridgehead atoms. The first kappa shape index (κ1) is 14.3. The fourth-order valence-corrected chi connectivity index (χ4v) is 2.45. The highest BCUT2D eigenvalue weighted by Gasteiger charge is 2.21. The molecule has 0 atom stereocenters. The minimum atomic E-state index is 0.658. The molecular formula is C14H26N4O. The van der Waals surface area contributed by atoms with E-state index in [2.05, 4.69) is 17.0 Å². The molecule has 0 aromatic carbocycles. The molecule has 5 heteroatoms. The number of anilines is 1. The van der Waals surface area contributed by atoms with Crippen LogP contribution >= 0.6 is 0 Å². The van der Waals surface area contributed by atoms with Gasteiger partial charge < -0.3 is 15.4 Å². The molecule has 1 aromatic heterocycles. The van der Waals surface area contributed by atoms with Crippen molar-refractivity contribution in [1.82, 2.24) is 9.78 Å². The van der Waals surface area contributed by atoms with Gasteiger partial charge >= 0.3 is 0 Å². The molecule has 19 heavy (non-hydrogen) atoms. The summed E-state index contributed by atoms with van der Waals surface area (Å²) in [5.74, 6) is 2.00. The number of hydrogen-bond acceptors (Lipinski definition) is 4. The molecule has 1 aliphatic rings. The van der Waals surface area contributed by atoms with Crippen molar-refractivity contribution >= 4 is 5.82 Å². The first-order valence-electron chi connectivity index (χ1n) is 7.15. The summed E-state index contributed by atoms with van der Waals surface area (Å²) in [7, 11) is 4.08. The van der Waals surface area contributed by atoms with Gasteiger partial charge in [0.1, 0.15) is 5.82 Å². The number of hydrogen-bond donors (Lipinski definition) is 1. The van der Waals surface area contributed by atoms with Crippen LogP contribution in [0.25, 0.3) is 0 Å². The summed E-state index contributed by atoms with van der Waals surface area (Å²) in [5.41, 5.74) is 8.03. The molecule has 0 amide bonds. The van der Waals surface area contributed by atoms with E-state index in [9.17, 15) is 0 Å². The lowest BCUT2D eigenvalue weighted by Crippen LogP contribution is -2.26. The van der Waals surface area contributed by atoms with Crippen molar-refractivity contribution < 1.29 is 4.74 Å². The van der Waals surface area contributed by atoms with Crippen molar-refractivity contribution in [3.8, 4) is 0 Å². The molecule has 108 valence electrons. The Morgan fingerprint density at radius 1 is 1.47 bits per heavy atom. The third-order valence-electron chi connectivity index (χ3n) is 3.69. The van der Waals surface area contributed by atoms with Crippen molar-refractivity contribution in [2.75, 3.05) is 38.3 Å². The highest BCUT2D eigenvalue weighted by molar-refractivity contribution is 5.49. The Hall–Kier alpha value is -1.07. The topological polar surface area (TPSA) is 56.3 Å². The van der Waals surface area contributed by atoms with E-state index in [4.69, 9.17) is 10.5 Å². The monoisotopic (exact) mass is 266 g/mol. The van der Waals surface area contributed by atoms with Gasteiger partial charge in [0.25, 0.3) is 0 Å². The first-order chi connectivity index (χ1) is 9.13. The summed E-state index contributed by atoms with van der Waals surface area (Å²) in [5, 5.41) is 4.50. The van der Waals surface area contributed by atoms with Crippen LogP contribution in [-0.4, -0.2) is 43.1 Å². The van der Waals surface area contributed by atoms with Crippen molar-refractivity contribution in [3.05, 3.63) is 11.3 Å². The van der Waals surface area contributed by atoms with E-state index in [0.29, 0.717) is 6.54 Å². The summed E-state index contributed by atoms with van der Waals surface area (Å²) < 4.78 is 7.65. The highest BCUT2D eigenvalue weighted by atomic mass is 16.5. The van der Waals surface area contributed by atoms with E-state index in [-0.39, 0.29) is 0 Å². The Kier molecular flexibility index (Phi) is 4.82. The predicted molar refractivity (Wildman–Crippen MR) is 77.5 cm³/mol. The quantitative estimate of drug-likeness (QED) is 0.716. The average molecular weight is 266 g/mol. The van der Waals surface area contributed by atoms with Crippen LogP contribution in [0.15, 0.2) is 0 Å². The van der Waals surface area contributed by atoms with Crippen LogP contribution in [0.1, 0.15) is 24.1 Å². The normalized spacial score (nSPS) is 14.9. The minimum Gasteiger partial charge on any atom is -0.379 e. The lowest BCUT2D eigenvalue weighted by Gasteiger charge is -2.21. The summed E-state index contributed by atoms with van der Waals surface area (Å²) in [6, 6.07) is 0. The molecule has 5 nitrogen and oxygen atoms in total. The van der Waals surface area contributed by atoms with Crippen LogP contribution < -0.4 is 10.6 Å². The van der Waals surface area contributed by atoms with E-state index in [1.54, 1.807) is 0 Å². The van der Waals surface area contributed by atoms with Gasteiger partial charge in [-0.2, -0.15) is 5.10 Å². The third-order valence-corrected chi connectivity index (χ3v) is 3.69. The molecule has 1 fully saturated rings. The molecule has 2 N–H and O–H groups in total. The Morgan fingerprint density at radius 2 is 2.21 bits per heavy atom. The van der Waals surface area contributed by atoms with Gasteiger partial charge in [0.2, 0.25) is 0 Å². The number of aryl methyl sites for hydroxylation is 2. The molecule has 1 aliphatic carbocycles. The zero-order valence-electron chi connectivity index (χ0n) is 12.4. The predicted octanol–water partition coefficient (Wildman–Crippen LogP) is 1.09. The van der Waals surface area contributed by atoms with Gasteiger partial charge in [-0.3, -0.25) is 4.68 Å². The number of ether oxygens (including phenoxy) is 1. The SMILES string of the molecule is Cc1nn(C)c(N(C)CCOCC2CC2)c1CCN. The zero-order chi connectivity index (χ0) is 13.8. The summed E-state index contributed by atoms with van der Waals surface area (Å²) in [6.45, 7) is 5.30. The lowest BCUT2D eigenvalue weighted by atomic mass is 10.1. The second kappa shape index (κ2) is 6.39. The number of nitrogens with two attached hydrogens (primary N) is 1. The van der Waals surface area contributed by atoms with Gasteiger partial charge in [0, 0.05) is 32.8 Å². The van der Waals surface area contributed by atoms with E-state index in [1.807, 2.05) is 18.7 Å². The van der Waals surface area contributed by atoms with E-state index in [0.717, 1.165) is 43.6 Å². The van der Waals surface area contributed by atoms with Crippen LogP contribution in [0.4, 0.5) is 5.82 Å². The molecule has 0 aliphatic heterocycles. The highest BCUT2D eigenvalue weighted by Crippen LogP contribution is 2.28. The van der Waals surface area contributed by atoms with Crippen LogP contribution in [-0.2, 0) is 18.2 Å². The lowest BCUT2D eigenvalue weighted by molar-refractivity contribution is 0.130. The summed E-state index contributed by atoms with van der Waals surface area (Å²) >= 11 is 0. The Bertz CT molecular complexity index is 412. The van der Waals surface area contributed by atoms with Crippen molar-refractivity contribution in [2.24, 2.45) is 18.7 Å². The molecule has 1 aromatic rings. The van der Waals surface area contributed by atoms with E-state index < -0.39 is 0 Å². The standard InChI is InChI=1S/C14H26N4O/c1-11-13(6-7-15)14(18(3)16-11)17(2)8-9-19-10-12-4-5-12/h12H,4-10,15H2,1-3H3. The van der Waals surface area contributed by atoms with Gasteiger partial charge in [-0.1, -0.05) is 0 Å². The Balaban J connectivity index is 1.90. The van der Waals surface area contributed by atoms with Crippen LogP contribution in [0.5, 0.6) is 0 Å². The Morgan fingerprint density at radius 3 is 2.84 bits per heavy atom. The third kappa shape index (κ3) is 3.70. The second-order valence-electron chi connectivity index (χ2n) is 5.49. The van der Waals surface area contributed by atoms with Crippen LogP contribution in [0, 0.1) is 12.8 Å². The zero-order valence-corrected chi connectivity index (χ0v) is 12.4. The van der Waals surface area contributed by atoms with Crippen LogP contribution in [0.3, 0.4) is 0 Å². The van der Waals surface area contributed by atoms with Gasteiger partial charge in [-0.25, -0.2) is 0 Å². The number of nitrogens with zero attached hydrogens (tertiary/aromatic N) is 3. The van der Waals surface area contributed by atoms with E-state index in [1.165, 1.54) is 18.4 Å². The maximum absolute atomic E-state index is 5.70. The Labute approximate surface area is 115 Å². The summed E-state index contributed by atoms with van der Waals surface area (Å²) in [6.07, 6.45) is 3.57. The largest absolute Gasteiger partial charge is 0.379 e. The van der Waals surface area contributed by atoms with Crippen molar-refractivity contribution in [1.29, 1.82) is 0 Å². The first-order valence-corrected chi connectivity index (χ1v) is 7.15. The molecule has 0 radical (unpaired) electrons. The molecule has 0 unspecified atom stereocenters. The second-order valence-corrected chi connectivity index (χ2v) is 5.49. The molecule has 1 heterocycles.